The summed E-state index contributed by atoms with van der Waals surface area (Å²) in [6.07, 6.45) is 0.360. The molecule has 0 spiro atoms. The van der Waals surface area contributed by atoms with E-state index in [1.165, 1.54) is 17.4 Å². The van der Waals surface area contributed by atoms with E-state index in [1.54, 1.807) is 19.1 Å². The van der Waals surface area contributed by atoms with Crippen LogP contribution in [0.4, 0.5) is 4.39 Å². The SMILES string of the molecule is CC(=O)Cc1sc(-c2cc(Br)ccc2F)nc1C. The van der Waals surface area contributed by atoms with Gasteiger partial charge in [0.1, 0.15) is 16.6 Å². The first-order valence-corrected chi connectivity index (χ1v) is 6.99. The molecule has 0 aliphatic rings. The van der Waals surface area contributed by atoms with Crippen molar-refractivity contribution in [2.75, 3.05) is 0 Å². The van der Waals surface area contributed by atoms with Gasteiger partial charge in [0.15, 0.2) is 0 Å². The van der Waals surface area contributed by atoms with Crippen molar-refractivity contribution in [2.45, 2.75) is 20.3 Å². The van der Waals surface area contributed by atoms with Crippen LogP contribution in [0, 0.1) is 12.7 Å². The van der Waals surface area contributed by atoms with Crippen LogP contribution in [0.5, 0.6) is 0 Å². The van der Waals surface area contributed by atoms with Gasteiger partial charge in [-0.3, -0.25) is 4.79 Å². The molecule has 0 N–H and O–H groups in total. The van der Waals surface area contributed by atoms with E-state index in [2.05, 4.69) is 20.9 Å². The van der Waals surface area contributed by atoms with Gasteiger partial charge in [-0.15, -0.1) is 11.3 Å². The monoisotopic (exact) mass is 327 g/mol. The molecular weight excluding hydrogens is 317 g/mol. The molecule has 0 atom stereocenters. The quantitative estimate of drug-likeness (QED) is 0.847. The summed E-state index contributed by atoms with van der Waals surface area (Å²) >= 11 is 4.69. The van der Waals surface area contributed by atoms with Crippen molar-refractivity contribution < 1.29 is 9.18 Å². The van der Waals surface area contributed by atoms with Gasteiger partial charge in [0.05, 0.1) is 5.69 Å². The zero-order valence-electron chi connectivity index (χ0n) is 9.96. The van der Waals surface area contributed by atoms with Gasteiger partial charge in [0.25, 0.3) is 0 Å². The zero-order valence-corrected chi connectivity index (χ0v) is 12.4. The first-order valence-electron chi connectivity index (χ1n) is 5.38. The van der Waals surface area contributed by atoms with Gasteiger partial charge < -0.3 is 0 Å². The Hall–Kier alpha value is -1.07. The highest BCUT2D eigenvalue weighted by Gasteiger charge is 2.14. The molecule has 0 unspecified atom stereocenters. The molecule has 0 saturated heterocycles. The molecule has 2 aromatic rings. The average Bonchev–Trinajstić information content (AvgIpc) is 2.63. The molecule has 5 heteroatoms. The van der Waals surface area contributed by atoms with Crippen LogP contribution in [0.2, 0.25) is 0 Å². The maximum Gasteiger partial charge on any atom is 0.135 e. The average molecular weight is 328 g/mol. The maximum absolute atomic E-state index is 13.7. The maximum atomic E-state index is 13.7. The Morgan fingerprint density at radius 2 is 2.22 bits per heavy atom. The number of benzene rings is 1. The number of ketones is 1. The Morgan fingerprint density at radius 1 is 1.50 bits per heavy atom. The summed E-state index contributed by atoms with van der Waals surface area (Å²) < 4.78 is 14.5. The van der Waals surface area contributed by atoms with Gasteiger partial charge in [-0.25, -0.2) is 9.37 Å². The molecule has 0 amide bonds. The lowest BCUT2D eigenvalue weighted by Crippen LogP contribution is -1.95. The fourth-order valence-corrected chi connectivity index (χ4v) is 3.11. The lowest BCUT2D eigenvalue weighted by Gasteiger charge is -1.99. The molecule has 0 fully saturated rings. The van der Waals surface area contributed by atoms with E-state index in [0.717, 1.165) is 15.0 Å². The van der Waals surface area contributed by atoms with Gasteiger partial charge >= 0.3 is 0 Å². The number of nitrogens with zero attached hydrogens (tertiary/aromatic N) is 1. The second-order valence-corrected chi connectivity index (χ2v) is 6.03. The van der Waals surface area contributed by atoms with Crippen LogP contribution in [-0.4, -0.2) is 10.8 Å². The summed E-state index contributed by atoms with van der Waals surface area (Å²) in [5.74, 6) is -0.218. The van der Waals surface area contributed by atoms with E-state index in [0.29, 0.717) is 17.0 Å². The first-order chi connectivity index (χ1) is 8.47. The number of aromatic nitrogens is 1. The topological polar surface area (TPSA) is 30.0 Å². The molecule has 1 aromatic heterocycles. The van der Waals surface area contributed by atoms with Crippen molar-refractivity contribution in [3.05, 3.63) is 39.1 Å². The predicted octanol–water partition coefficient (Wildman–Crippen LogP) is 4.15. The number of carbonyl (C=O) groups excluding carboxylic acids is 1. The fraction of sp³-hybridized carbons (Fsp3) is 0.231. The smallest absolute Gasteiger partial charge is 0.135 e. The third-order valence-corrected chi connectivity index (χ3v) is 4.14. The van der Waals surface area contributed by atoms with Crippen LogP contribution >= 0.6 is 27.3 Å². The molecule has 0 radical (unpaired) electrons. The second kappa shape index (κ2) is 5.28. The third kappa shape index (κ3) is 2.84. The van der Waals surface area contributed by atoms with Crippen LogP contribution < -0.4 is 0 Å². The summed E-state index contributed by atoms with van der Waals surface area (Å²) in [6.45, 7) is 3.38. The molecule has 1 aromatic carbocycles. The van der Waals surface area contributed by atoms with E-state index in [4.69, 9.17) is 0 Å². The molecular formula is C13H11BrFNOS. The van der Waals surface area contributed by atoms with Gasteiger partial charge in [-0.1, -0.05) is 15.9 Å². The molecule has 0 bridgehead atoms. The Bertz CT molecular complexity index is 609. The number of carbonyl (C=O) groups is 1. The Balaban J connectivity index is 2.45. The Morgan fingerprint density at radius 3 is 2.89 bits per heavy atom. The summed E-state index contributed by atoms with van der Waals surface area (Å²) in [5.41, 5.74) is 1.26. The molecule has 0 aliphatic heterocycles. The van der Waals surface area contributed by atoms with E-state index in [9.17, 15) is 9.18 Å². The van der Waals surface area contributed by atoms with Crippen LogP contribution in [-0.2, 0) is 11.2 Å². The van der Waals surface area contributed by atoms with Crippen molar-refractivity contribution in [3.8, 4) is 10.6 Å². The number of thiazole rings is 1. The largest absolute Gasteiger partial charge is 0.300 e. The summed E-state index contributed by atoms with van der Waals surface area (Å²) in [7, 11) is 0. The van der Waals surface area contributed by atoms with E-state index < -0.39 is 0 Å². The highest BCUT2D eigenvalue weighted by atomic mass is 79.9. The van der Waals surface area contributed by atoms with Crippen LogP contribution in [0.1, 0.15) is 17.5 Å². The molecule has 1 heterocycles. The van der Waals surface area contributed by atoms with Crippen LogP contribution in [0.3, 0.4) is 0 Å². The van der Waals surface area contributed by atoms with Gasteiger partial charge in [0, 0.05) is 21.3 Å². The molecule has 94 valence electrons. The lowest BCUT2D eigenvalue weighted by molar-refractivity contribution is -0.116. The molecule has 18 heavy (non-hydrogen) atoms. The fourth-order valence-electron chi connectivity index (χ4n) is 1.59. The second-order valence-electron chi connectivity index (χ2n) is 4.03. The number of hydrogen-bond acceptors (Lipinski definition) is 3. The van der Waals surface area contributed by atoms with Crippen molar-refractivity contribution in [2.24, 2.45) is 0 Å². The summed E-state index contributed by atoms with van der Waals surface area (Å²) in [4.78, 5) is 16.4. The van der Waals surface area contributed by atoms with Crippen molar-refractivity contribution in [1.82, 2.24) is 4.98 Å². The number of Topliss-reactive ketones (excluding diaryl/α,β-unsaturated/α-hetero) is 1. The van der Waals surface area contributed by atoms with Crippen molar-refractivity contribution in [1.29, 1.82) is 0 Å². The summed E-state index contributed by atoms with van der Waals surface area (Å²) in [6, 6.07) is 4.75. The normalized spacial score (nSPS) is 10.7. The van der Waals surface area contributed by atoms with Crippen LogP contribution in [0.15, 0.2) is 22.7 Å². The van der Waals surface area contributed by atoms with E-state index in [-0.39, 0.29) is 11.6 Å². The highest BCUT2D eigenvalue weighted by Crippen LogP contribution is 2.31. The molecule has 2 nitrogen and oxygen atoms in total. The standard InChI is InChI=1S/C13H11BrFNOS/c1-7(17)5-12-8(2)16-13(18-12)10-6-9(14)3-4-11(10)15/h3-4,6H,5H2,1-2H3. The van der Waals surface area contributed by atoms with Crippen LogP contribution in [0.25, 0.3) is 10.6 Å². The number of hydrogen-bond donors (Lipinski definition) is 0. The molecule has 0 saturated carbocycles. The van der Waals surface area contributed by atoms with Gasteiger partial charge in [-0.2, -0.15) is 0 Å². The minimum atomic E-state index is -0.304. The molecule has 0 aliphatic carbocycles. The highest BCUT2D eigenvalue weighted by molar-refractivity contribution is 9.10. The van der Waals surface area contributed by atoms with Gasteiger partial charge in [-0.05, 0) is 32.0 Å². The summed E-state index contributed by atoms with van der Waals surface area (Å²) in [5, 5.41) is 0.613. The van der Waals surface area contributed by atoms with Crippen molar-refractivity contribution >= 4 is 33.0 Å². The third-order valence-electron chi connectivity index (χ3n) is 2.46. The van der Waals surface area contributed by atoms with E-state index in [1.807, 2.05) is 6.92 Å². The van der Waals surface area contributed by atoms with Crippen molar-refractivity contribution in [3.63, 3.8) is 0 Å². The minimum absolute atomic E-state index is 0.0861. The number of halogens is 2. The first kappa shape index (κ1) is 13.4. The zero-order chi connectivity index (χ0) is 13.3. The van der Waals surface area contributed by atoms with Gasteiger partial charge in [0.2, 0.25) is 0 Å². The predicted molar refractivity (Wildman–Crippen MR) is 74.3 cm³/mol. The minimum Gasteiger partial charge on any atom is -0.300 e. The Labute approximate surface area is 117 Å². The van der Waals surface area contributed by atoms with E-state index >= 15 is 0 Å². The number of aryl methyl sites for hydroxylation is 1. The molecule has 2 rings (SSSR count). The Kier molecular flexibility index (Phi) is 3.92. The lowest BCUT2D eigenvalue weighted by atomic mass is 10.2. The number of rotatable bonds is 3.